The van der Waals surface area contributed by atoms with Gasteiger partial charge in [0, 0.05) is 11.3 Å². The van der Waals surface area contributed by atoms with Crippen LogP contribution in [0.25, 0.3) is 0 Å². The van der Waals surface area contributed by atoms with E-state index in [9.17, 15) is 0 Å². The van der Waals surface area contributed by atoms with Gasteiger partial charge in [0.05, 0.1) is 19.3 Å². The second-order valence-corrected chi connectivity index (χ2v) is 6.68. The van der Waals surface area contributed by atoms with Gasteiger partial charge < -0.3 is 14.8 Å². The van der Waals surface area contributed by atoms with Gasteiger partial charge in [0.15, 0.2) is 0 Å². The Morgan fingerprint density at radius 1 is 1.04 bits per heavy atom. The molecule has 0 saturated carbocycles. The second-order valence-electron chi connectivity index (χ2n) is 6.68. The van der Waals surface area contributed by atoms with Gasteiger partial charge in [0.2, 0.25) is 0 Å². The fourth-order valence-electron chi connectivity index (χ4n) is 3.78. The van der Waals surface area contributed by atoms with E-state index in [4.69, 9.17) is 9.47 Å². The maximum atomic E-state index is 6.15. The molecule has 3 atom stereocenters. The fourth-order valence-corrected chi connectivity index (χ4v) is 3.78. The standard InChI is InChI=1S/C21H25NO2/c1-2-3-7-15-10-11-18-17(14-15)20-21(24-13-12-23-20)19(22-18)16-8-5-4-6-9-16/h4-6,8-11,14,19-22H,2-3,7,12-13H2,1H3. The van der Waals surface area contributed by atoms with Crippen LogP contribution in [0.5, 0.6) is 0 Å². The van der Waals surface area contributed by atoms with Crippen molar-refractivity contribution < 1.29 is 9.47 Å². The number of hydrogen-bond acceptors (Lipinski definition) is 3. The maximum absolute atomic E-state index is 6.15. The van der Waals surface area contributed by atoms with Crippen LogP contribution in [-0.4, -0.2) is 19.3 Å². The first-order chi connectivity index (χ1) is 11.9. The van der Waals surface area contributed by atoms with Crippen LogP contribution in [0.15, 0.2) is 48.5 Å². The number of unbranched alkanes of at least 4 members (excludes halogenated alkanes) is 1. The second kappa shape index (κ2) is 6.96. The van der Waals surface area contributed by atoms with Gasteiger partial charge in [-0.05, 0) is 30.0 Å². The topological polar surface area (TPSA) is 30.5 Å². The van der Waals surface area contributed by atoms with Gasteiger partial charge >= 0.3 is 0 Å². The lowest BCUT2D eigenvalue weighted by Crippen LogP contribution is -2.43. The highest BCUT2D eigenvalue weighted by molar-refractivity contribution is 5.58. The van der Waals surface area contributed by atoms with Crippen molar-refractivity contribution in [3.8, 4) is 0 Å². The van der Waals surface area contributed by atoms with Crippen LogP contribution in [0.1, 0.15) is 48.6 Å². The third kappa shape index (κ3) is 2.94. The van der Waals surface area contributed by atoms with Crippen LogP contribution in [0.2, 0.25) is 0 Å². The molecule has 0 radical (unpaired) electrons. The van der Waals surface area contributed by atoms with Crippen LogP contribution in [0, 0.1) is 0 Å². The van der Waals surface area contributed by atoms with Gasteiger partial charge in [-0.2, -0.15) is 0 Å². The summed E-state index contributed by atoms with van der Waals surface area (Å²) in [6, 6.07) is 17.4. The van der Waals surface area contributed by atoms with Crippen molar-refractivity contribution in [2.24, 2.45) is 0 Å². The average Bonchev–Trinajstić information content (AvgIpc) is 2.66. The lowest BCUT2D eigenvalue weighted by Gasteiger charge is -2.43. The zero-order chi connectivity index (χ0) is 16.4. The number of ether oxygens (including phenoxy) is 2. The molecule has 0 amide bonds. The molecule has 126 valence electrons. The normalized spacial score (nSPS) is 25.5. The van der Waals surface area contributed by atoms with Gasteiger partial charge in [-0.1, -0.05) is 55.8 Å². The van der Waals surface area contributed by atoms with Crippen molar-refractivity contribution in [2.45, 2.75) is 44.4 Å². The maximum Gasteiger partial charge on any atom is 0.113 e. The van der Waals surface area contributed by atoms with Gasteiger partial charge in [0.25, 0.3) is 0 Å². The monoisotopic (exact) mass is 323 g/mol. The summed E-state index contributed by atoms with van der Waals surface area (Å²) >= 11 is 0. The Bertz CT molecular complexity index is 685. The number of fused-ring (bicyclic) bond motifs is 3. The predicted molar refractivity (Wildman–Crippen MR) is 96.3 cm³/mol. The summed E-state index contributed by atoms with van der Waals surface area (Å²) in [5.41, 5.74) is 5.07. The first kappa shape index (κ1) is 15.7. The molecule has 0 bridgehead atoms. The van der Waals surface area contributed by atoms with Crippen LogP contribution in [0.3, 0.4) is 0 Å². The first-order valence-electron chi connectivity index (χ1n) is 9.04. The summed E-state index contributed by atoms with van der Waals surface area (Å²) in [5, 5.41) is 3.69. The molecule has 3 nitrogen and oxygen atoms in total. The Balaban J connectivity index is 1.69. The van der Waals surface area contributed by atoms with Crippen molar-refractivity contribution in [2.75, 3.05) is 18.5 Å². The molecule has 2 aromatic carbocycles. The van der Waals surface area contributed by atoms with Gasteiger partial charge in [-0.15, -0.1) is 0 Å². The van der Waals surface area contributed by atoms with Crippen LogP contribution in [0.4, 0.5) is 5.69 Å². The Kier molecular flexibility index (Phi) is 4.54. The molecule has 0 aromatic heterocycles. The van der Waals surface area contributed by atoms with Crippen molar-refractivity contribution in [3.63, 3.8) is 0 Å². The summed E-state index contributed by atoms with van der Waals surface area (Å²) in [5.74, 6) is 0. The summed E-state index contributed by atoms with van der Waals surface area (Å²) in [7, 11) is 0. The van der Waals surface area contributed by atoms with E-state index in [-0.39, 0.29) is 18.2 Å². The lowest BCUT2D eigenvalue weighted by molar-refractivity contribution is -0.151. The molecule has 1 saturated heterocycles. The minimum Gasteiger partial charge on any atom is -0.375 e. The quantitative estimate of drug-likeness (QED) is 0.888. The highest BCUT2D eigenvalue weighted by atomic mass is 16.6. The summed E-state index contributed by atoms with van der Waals surface area (Å²) in [4.78, 5) is 0. The molecule has 2 aliphatic rings. The molecule has 2 aliphatic heterocycles. The molecular formula is C21H25NO2. The molecule has 1 fully saturated rings. The van der Waals surface area contributed by atoms with E-state index in [0.717, 1.165) is 6.42 Å². The minimum absolute atomic E-state index is 0.0155. The van der Waals surface area contributed by atoms with E-state index in [2.05, 4.69) is 60.8 Å². The number of benzene rings is 2. The zero-order valence-corrected chi connectivity index (χ0v) is 14.2. The fraction of sp³-hybridized carbons (Fsp3) is 0.429. The smallest absolute Gasteiger partial charge is 0.113 e. The Labute approximate surface area is 144 Å². The number of nitrogens with one attached hydrogen (secondary N) is 1. The van der Waals surface area contributed by atoms with Gasteiger partial charge in [0.1, 0.15) is 12.2 Å². The number of anilines is 1. The van der Waals surface area contributed by atoms with Crippen LogP contribution in [-0.2, 0) is 15.9 Å². The molecule has 3 heteroatoms. The molecule has 4 rings (SSSR count). The van der Waals surface area contributed by atoms with Gasteiger partial charge in [-0.25, -0.2) is 0 Å². The zero-order valence-electron chi connectivity index (χ0n) is 14.2. The van der Waals surface area contributed by atoms with E-state index in [0.29, 0.717) is 13.2 Å². The largest absolute Gasteiger partial charge is 0.375 e. The number of hydrogen-bond donors (Lipinski definition) is 1. The van der Waals surface area contributed by atoms with Crippen molar-refractivity contribution >= 4 is 5.69 Å². The minimum atomic E-state index is 0.0155. The molecule has 0 spiro atoms. The molecule has 2 heterocycles. The number of aryl methyl sites for hydroxylation is 1. The average molecular weight is 323 g/mol. The van der Waals surface area contributed by atoms with E-state index in [1.165, 1.54) is 35.2 Å². The van der Waals surface area contributed by atoms with Gasteiger partial charge in [-0.3, -0.25) is 0 Å². The highest BCUT2D eigenvalue weighted by Crippen LogP contribution is 2.44. The van der Waals surface area contributed by atoms with Crippen LogP contribution >= 0.6 is 0 Å². The van der Waals surface area contributed by atoms with Crippen molar-refractivity contribution in [1.29, 1.82) is 0 Å². The molecule has 0 aliphatic carbocycles. The van der Waals surface area contributed by atoms with E-state index < -0.39 is 0 Å². The Morgan fingerprint density at radius 2 is 1.88 bits per heavy atom. The summed E-state index contributed by atoms with van der Waals surface area (Å²) in [6.45, 7) is 3.57. The summed E-state index contributed by atoms with van der Waals surface area (Å²) < 4.78 is 12.3. The Morgan fingerprint density at radius 3 is 2.71 bits per heavy atom. The van der Waals surface area contributed by atoms with E-state index in [1.807, 2.05) is 0 Å². The van der Waals surface area contributed by atoms with Crippen molar-refractivity contribution in [1.82, 2.24) is 0 Å². The highest BCUT2D eigenvalue weighted by Gasteiger charge is 2.40. The third-order valence-corrected chi connectivity index (χ3v) is 5.03. The predicted octanol–water partition coefficient (Wildman–Crippen LogP) is 4.65. The van der Waals surface area contributed by atoms with E-state index in [1.54, 1.807) is 0 Å². The first-order valence-corrected chi connectivity index (χ1v) is 9.04. The van der Waals surface area contributed by atoms with Crippen LogP contribution < -0.4 is 5.32 Å². The Hall–Kier alpha value is -1.84. The lowest BCUT2D eigenvalue weighted by atomic mass is 9.86. The molecule has 24 heavy (non-hydrogen) atoms. The third-order valence-electron chi connectivity index (χ3n) is 5.03. The molecule has 3 unspecified atom stereocenters. The summed E-state index contributed by atoms with van der Waals surface area (Å²) in [6.07, 6.45) is 3.61. The molecule has 2 aromatic rings. The molecule has 1 N–H and O–H groups in total. The van der Waals surface area contributed by atoms with E-state index >= 15 is 0 Å². The molecular weight excluding hydrogens is 298 g/mol. The number of rotatable bonds is 4. The SMILES string of the molecule is CCCCc1ccc2c(c1)C1OCCOC1C(c1ccccc1)N2. The van der Waals surface area contributed by atoms with Crippen molar-refractivity contribution in [3.05, 3.63) is 65.2 Å².